The first-order valence-corrected chi connectivity index (χ1v) is 13.1. The summed E-state index contributed by atoms with van der Waals surface area (Å²) in [4.78, 5) is 38.3. The van der Waals surface area contributed by atoms with E-state index >= 15 is 0 Å². The highest BCUT2D eigenvalue weighted by molar-refractivity contribution is 7.92. The SMILES string of the molecule is CCC(C(=O)NC(C)C)N(Cc1ccc(Cl)cc1)C(=O)CN(c1cccc([N+](=O)[O-])c1)S(C)(=O)=O. The molecule has 2 aromatic rings. The van der Waals surface area contributed by atoms with Gasteiger partial charge in [-0.3, -0.25) is 24.0 Å². The number of hydrogen-bond donors (Lipinski definition) is 1. The van der Waals surface area contributed by atoms with Crippen molar-refractivity contribution >= 4 is 44.8 Å². The Morgan fingerprint density at radius 1 is 1.14 bits per heavy atom. The molecule has 1 atom stereocenters. The minimum Gasteiger partial charge on any atom is -0.352 e. The Labute approximate surface area is 210 Å². The maximum absolute atomic E-state index is 13.5. The maximum Gasteiger partial charge on any atom is 0.271 e. The second-order valence-corrected chi connectivity index (χ2v) is 10.6. The fourth-order valence-electron chi connectivity index (χ4n) is 3.46. The number of nitrogens with one attached hydrogen (secondary N) is 1. The third-order valence-electron chi connectivity index (χ3n) is 5.09. The number of nitro groups is 1. The number of sulfonamides is 1. The zero-order valence-electron chi connectivity index (χ0n) is 20.0. The summed E-state index contributed by atoms with van der Waals surface area (Å²) >= 11 is 5.96. The van der Waals surface area contributed by atoms with E-state index in [0.717, 1.165) is 16.6 Å². The van der Waals surface area contributed by atoms with E-state index in [1.165, 1.54) is 23.1 Å². The largest absolute Gasteiger partial charge is 0.352 e. The lowest BCUT2D eigenvalue weighted by Crippen LogP contribution is -2.53. The Morgan fingerprint density at radius 3 is 2.29 bits per heavy atom. The van der Waals surface area contributed by atoms with Crippen LogP contribution in [0.25, 0.3) is 0 Å². The standard InChI is InChI=1S/C23H29ClN4O6S/c1-5-21(23(30)25-16(2)3)26(14-17-9-11-18(24)12-10-17)22(29)15-27(35(4,33)34)19-7-6-8-20(13-19)28(31)32/h6-13,16,21H,5,14-15H2,1-4H3,(H,25,30). The molecule has 190 valence electrons. The molecule has 2 aromatic carbocycles. The highest BCUT2D eigenvalue weighted by atomic mass is 35.5. The van der Waals surface area contributed by atoms with Crippen LogP contribution in [0.15, 0.2) is 48.5 Å². The molecule has 0 spiro atoms. The third-order valence-corrected chi connectivity index (χ3v) is 6.48. The average molecular weight is 525 g/mol. The summed E-state index contributed by atoms with van der Waals surface area (Å²) in [5, 5.41) is 14.5. The number of hydrogen-bond acceptors (Lipinski definition) is 6. The smallest absolute Gasteiger partial charge is 0.271 e. The van der Waals surface area contributed by atoms with Crippen molar-refractivity contribution in [2.45, 2.75) is 45.8 Å². The number of anilines is 1. The van der Waals surface area contributed by atoms with Crippen molar-refractivity contribution in [3.05, 3.63) is 69.2 Å². The normalized spacial score (nSPS) is 12.2. The second kappa shape index (κ2) is 12.0. The Balaban J connectivity index is 2.47. The van der Waals surface area contributed by atoms with Crippen molar-refractivity contribution in [3.8, 4) is 0 Å². The van der Waals surface area contributed by atoms with E-state index in [1.807, 2.05) is 0 Å². The molecule has 2 amide bonds. The van der Waals surface area contributed by atoms with Gasteiger partial charge >= 0.3 is 0 Å². The van der Waals surface area contributed by atoms with Crippen LogP contribution in [0.2, 0.25) is 5.02 Å². The van der Waals surface area contributed by atoms with Crippen LogP contribution in [0.4, 0.5) is 11.4 Å². The third kappa shape index (κ3) is 7.93. The summed E-state index contributed by atoms with van der Waals surface area (Å²) in [5.74, 6) is -1.01. The fraction of sp³-hybridized carbons (Fsp3) is 0.391. The number of carbonyl (C=O) groups is 2. The lowest BCUT2D eigenvalue weighted by atomic mass is 10.1. The Bertz CT molecular complexity index is 1170. The van der Waals surface area contributed by atoms with Gasteiger partial charge in [-0.15, -0.1) is 0 Å². The first kappa shape index (κ1) is 28.1. The van der Waals surface area contributed by atoms with Gasteiger partial charge in [-0.25, -0.2) is 8.42 Å². The molecule has 0 radical (unpaired) electrons. The number of nitro benzene ring substituents is 1. The van der Waals surface area contributed by atoms with Crippen LogP contribution in [0, 0.1) is 10.1 Å². The number of carbonyl (C=O) groups excluding carboxylic acids is 2. The minimum atomic E-state index is -3.99. The molecule has 10 nitrogen and oxygen atoms in total. The number of rotatable bonds is 11. The summed E-state index contributed by atoms with van der Waals surface area (Å²) in [6, 6.07) is 10.7. The Kier molecular flexibility index (Phi) is 9.61. The van der Waals surface area contributed by atoms with Gasteiger partial charge in [-0.1, -0.05) is 36.7 Å². The molecular weight excluding hydrogens is 496 g/mol. The molecule has 0 saturated heterocycles. The number of amides is 2. The zero-order valence-corrected chi connectivity index (χ0v) is 21.5. The lowest BCUT2D eigenvalue weighted by Gasteiger charge is -2.33. The number of non-ortho nitro benzene ring substituents is 1. The van der Waals surface area contributed by atoms with Gasteiger partial charge in [-0.2, -0.15) is 0 Å². The van der Waals surface area contributed by atoms with Crippen LogP contribution < -0.4 is 9.62 Å². The zero-order chi connectivity index (χ0) is 26.3. The van der Waals surface area contributed by atoms with E-state index in [4.69, 9.17) is 11.6 Å². The second-order valence-electron chi connectivity index (χ2n) is 8.28. The molecule has 12 heteroatoms. The number of benzene rings is 2. The highest BCUT2D eigenvalue weighted by Crippen LogP contribution is 2.24. The van der Waals surface area contributed by atoms with E-state index < -0.39 is 33.4 Å². The molecule has 0 bridgehead atoms. The quantitative estimate of drug-likeness (QED) is 0.354. The number of halogens is 1. The summed E-state index contributed by atoms with van der Waals surface area (Å²) in [5.41, 5.74) is 0.352. The van der Waals surface area contributed by atoms with Gasteiger partial charge < -0.3 is 10.2 Å². The summed E-state index contributed by atoms with van der Waals surface area (Å²) in [6.07, 6.45) is 1.19. The van der Waals surface area contributed by atoms with Gasteiger partial charge in [0.05, 0.1) is 16.9 Å². The minimum absolute atomic E-state index is 0.0267. The summed E-state index contributed by atoms with van der Waals surface area (Å²) in [6.45, 7) is 4.74. The van der Waals surface area contributed by atoms with Crippen LogP contribution in [-0.4, -0.2) is 54.9 Å². The predicted molar refractivity (Wildman–Crippen MR) is 135 cm³/mol. The first-order valence-electron chi connectivity index (χ1n) is 10.9. The van der Waals surface area contributed by atoms with Crippen LogP contribution in [-0.2, 0) is 26.2 Å². The molecule has 0 aliphatic carbocycles. The lowest BCUT2D eigenvalue weighted by molar-refractivity contribution is -0.384. The van der Waals surface area contributed by atoms with E-state index in [2.05, 4.69) is 5.32 Å². The molecule has 0 fully saturated rings. The average Bonchev–Trinajstić information content (AvgIpc) is 2.77. The topological polar surface area (TPSA) is 130 Å². The van der Waals surface area contributed by atoms with Crippen molar-refractivity contribution in [2.24, 2.45) is 0 Å². The van der Waals surface area contributed by atoms with Gasteiger partial charge in [0, 0.05) is 29.7 Å². The van der Waals surface area contributed by atoms with E-state index in [0.29, 0.717) is 10.6 Å². The van der Waals surface area contributed by atoms with E-state index in [-0.39, 0.29) is 36.3 Å². The molecule has 35 heavy (non-hydrogen) atoms. The van der Waals surface area contributed by atoms with Crippen LogP contribution in [0.1, 0.15) is 32.8 Å². The van der Waals surface area contributed by atoms with Gasteiger partial charge in [0.2, 0.25) is 21.8 Å². The molecule has 0 saturated carbocycles. The molecule has 1 unspecified atom stereocenters. The van der Waals surface area contributed by atoms with E-state index in [9.17, 15) is 28.1 Å². The predicted octanol–water partition coefficient (Wildman–Crippen LogP) is 3.35. The van der Waals surface area contributed by atoms with Crippen molar-refractivity contribution in [1.82, 2.24) is 10.2 Å². The molecule has 0 aromatic heterocycles. The van der Waals surface area contributed by atoms with Gasteiger partial charge in [-0.05, 0) is 44.0 Å². The van der Waals surface area contributed by atoms with Gasteiger partial charge in [0.25, 0.3) is 5.69 Å². The van der Waals surface area contributed by atoms with Crippen molar-refractivity contribution < 1.29 is 22.9 Å². The number of nitrogens with zero attached hydrogens (tertiary/aromatic N) is 3. The first-order chi connectivity index (χ1) is 16.3. The van der Waals surface area contributed by atoms with Gasteiger partial charge in [0.1, 0.15) is 12.6 Å². The van der Waals surface area contributed by atoms with Crippen molar-refractivity contribution in [1.29, 1.82) is 0 Å². The molecule has 2 rings (SSSR count). The van der Waals surface area contributed by atoms with Crippen LogP contribution in [0.3, 0.4) is 0 Å². The molecule has 0 heterocycles. The Morgan fingerprint density at radius 2 is 1.77 bits per heavy atom. The molecular formula is C23H29ClN4O6S. The van der Waals surface area contributed by atoms with Crippen LogP contribution >= 0.6 is 11.6 Å². The Hall–Kier alpha value is -3.18. The monoisotopic (exact) mass is 524 g/mol. The highest BCUT2D eigenvalue weighted by Gasteiger charge is 2.32. The molecule has 0 aliphatic heterocycles. The molecule has 0 aliphatic rings. The van der Waals surface area contributed by atoms with Gasteiger partial charge in [0.15, 0.2) is 0 Å². The summed E-state index contributed by atoms with van der Waals surface area (Å²) in [7, 11) is -3.99. The van der Waals surface area contributed by atoms with Crippen molar-refractivity contribution in [2.75, 3.05) is 17.1 Å². The maximum atomic E-state index is 13.5. The van der Waals surface area contributed by atoms with Crippen LogP contribution in [0.5, 0.6) is 0 Å². The fourth-order valence-corrected chi connectivity index (χ4v) is 4.43. The summed E-state index contributed by atoms with van der Waals surface area (Å²) < 4.78 is 26.0. The molecule has 1 N–H and O–H groups in total. The van der Waals surface area contributed by atoms with E-state index in [1.54, 1.807) is 45.0 Å². The van der Waals surface area contributed by atoms with Crippen molar-refractivity contribution in [3.63, 3.8) is 0 Å².